The molecule has 1 unspecified atom stereocenters. The number of nitrogens with one attached hydrogen (secondary N) is 3. The number of urea groups is 1. The number of hydrogen-bond acceptors (Lipinski definition) is 6. The molecule has 0 radical (unpaired) electrons. The highest BCUT2D eigenvalue weighted by atomic mass is 19.4. The Hall–Kier alpha value is -4.92. The second kappa shape index (κ2) is 12.5. The molecule has 0 bridgehead atoms. The molecule has 12 heteroatoms. The highest BCUT2D eigenvalue weighted by Crippen LogP contribution is 2.39. The summed E-state index contributed by atoms with van der Waals surface area (Å²) < 4.78 is 38.2. The highest BCUT2D eigenvalue weighted by molar-refractivity contribution is 6.35. The molecule has 2 aliphatic carbocycles. The predicted molar refractivity (Wildman–Crippen MR) is 152 cm³/mol. The lowest BCUT2D eigenvalue weighted by Gasteiger charge is -2.41. The molecule has 4 aliphatic rings. The van der Waals surface area contributed by atoms with E-state index in [1.165, 1.54) is 12.2 Å². The zero-order valence-electron chi connectivity index (χ0n) is 22.4. The monoisotopic (exact) mass is 562 g/mol. The Morgan fingerprint density at radius 2 is 2.07 bits per heavy atom. The molecule has 0 aromatic rings. The van der Waals surface area contributed by atoms with Crippen LogP contribution in [0.3, 0.4) is 0 Å². The summed E-state index contributed by atoms with van der Waals surface area (Å²) in [6.45, 7) is 5.11. The number of aliphatic imine (C=N–C) groups is 2. The van der Waals surface area contributed by atoms with E-state index >= 15 is 0 Å². The quantitative estimate of drug-likeness (QED) is 0.285. The fourth-order valence-corrected chi connectivity index (χ4v) is 4.33. The van der Waals surface area contributed by atoms with Gasteiger partial charge in [-0.1, -0.05) is 36.5 Å². The molecule has 0 spiro atoms. The molecule has 1 atom stereocenters. The van der Waals surface area contributed by atoms with Crippen LogP contribution in [0.1, 0.15) is 19.8 Å². The first-order valence-electron chi connectivity index (χ1n) is 12.9. The van der Waals surface area contributed by atoms with Gasteiger partial charge in [-0.25, -0.2) is 14.7 Å². The summed E-state index contributed by atoms with van der Waals surface area (Å²) in [4.78, 5) is 24.9. The smallest absolute Gasteiger partial charge is 0.386 e. The fourth-order valence-electron chi connectivity index (χ4n) is 4.33. The Labute approximate surface area is 236 Å². The standard InChI is InChI=1S/C29H29F3N8O/c1-3-23(13-24(15-34)36-18-29(30,31)32)37-27-38-28(41)40(25-5-4-10-35-16-25)26(22-8-9-22)39(27)17-21-11-19(2)6-7-20(12-21)14-33/h3-7,11-13,15-16,21,34-35H,1,8-10,17-18H2,2H3,(H,37,38,41)/b23-13+,34-15?,36-24?. The van der Waals surface area contributed by atoms with Crippen LogP contribution in [-0.4, -0.2) is 59.5 Å². The minimum atomic E-state index is -4.53. The number of guanidine groups is 1. The maximum Gasteiger partial charge on any atom is 0.407 e. The summed E-state index contributed by atoms with van der Waals surface area (Å²) in [5.74, 6) is 0.519. The van der Waals surface area contributed by atoms with Gasteiger partial charge in [-0.05, 0) is 49.6 Å². The van der Waals surface area contributed by atoms with Crippen molar-refractivity contribution in [2.45, 2.75) is 25.9 Å². The largest absolute Gasteiger partial charge is 0.407 e. The molecule has 1 saturated carbocycles. The van der Waals surface area contributed by atoms with Crippen molar-refractivity contribution in [1.82, 2.24) is 20.4 Å². The maximum atomic E-state index is 13.5. The zero-order valence-corrected chi connectivity index (χ0v) is 22.4. The molecule has 2 aliphatic heterocycles. The molecule has 3 N–H and O–H groups in total. The summed E-state index contributed by atoms with van der Waals surface area (Å²) in [7, 11) is 0. The Morgan fingerprint density at radius 3 is 2.68 bits per heavy atom. The van der Waals surface area contributed by atoms with Crippen LogP contribution < -0.4 is 10.6 Å². The summed E-state index contributed by atoms with van der Waals surface area (Å²) in [6, 6.07) is 1.73. The Bertz CT molecular complexity index is 1440. The Balaban J connectivity index is 1.81. The third-order valence-electron chi connectivity index (χ3n) is 6.24. The van der Waals surface area contributed by atoms with E-state index in [4.69, 9.17) is 5.41 Å². The molecule has 2 heterocycles. The lowest BCUT2D eigenvalue weighted by atomic mass is 10.0. The van der Waals surface area contributed by atoms with Gasteiger partial charge in [-0.15, -0.1) is 0 Å². The molecule has 0 aromatic carbocycles. The number of halogens is 3. The normalized spacial score (nSPS) is 22.3. The van der Waals surface area contributed by atoms with Gasteiger partial charge in [0.1, 0.15) is 12.4 Å². The molecular weight excluding hydrogens is 533 g/mol. The molecular formula is C29H29F3N8O. The lowest BCUT2D eigenvalue weighted by molar-refractivity contribution is -0.118. The summed E-state index contributed by atoms with van der Waals surface area (Å²) in [5.41, 5.74) is 2.95. The van der Waals surface area contributed by atoms with E-state index in [1.54, 1.807) is 17.2 Å². The molecule has 2 fully saturated rings. The van der Waals surface area contributed by atoms with Crippen molar-refractivity contribution in [1.29, 1.82) is 10.7 Å². The van der Waals surface area contributed by atoms with Crippen molar-refractivity contribution in [2.24, 2.45) is 15.9 Å². The van der Waals surface area contributed by atoms with E-state index in [0.717, 1.165) is 24.0 Å². The van der Waals surface area contributed by atoms with Gasteiger partial charge >= 0.3 is 12.2 Å². The number of carbonyl (C=O) groups is 1. The van der Waals surface area contributed by atoms with Gasteiger partial charge < -0.3 is 10.7 Å². The number of nitrogens with zero attached hydrogens (tertiary/aromatic N) is 5. The number of amides is 2. The first-order chi connectivity index (χ1) is 19.6. The van der Waals surface area contributed by atoms with Gasteiger partial charge in [-0.3, -0.25) is 15.2 Å². The number of allylic oxidation sites excluding steroid dienone is 8. The van der Waals surface area contributed by atoms with Crippen molar-refractivity contribution in [3.63, 3.8) is 0 Å². The molecule has 2 amide bonds. The Kier molecular flexibility index (Phi) is 8.87. The van der Waals surface area contributed by atoms with Crippen molar-refractivity contribution in [2.75, 3.05) is 19.6 Å². The molecule has 9 nitrogen and oxygen atoms in total. The third kappa shape index (κ3) is 7.60. The molecule has 1 saturated heterocycles. The number of alkyl halides is 3. The summed E-state index contributed by atoms with van der Waals surface area (Å²) in [6.07, 6.45) is 13.2. The first kappa shape index (κ1) is 29.1. The number of carbonyl (C=O) groups excluding carboxylic acids is 1. The van der Waals surface area contributed by atoms with Crippen molar-refractivity contribution in [3.05, 3.63) is 95.3 Å². The molecule has 4 rings (SSSR count). The van der Waals surface area contributed by atoms with Crippen LogP contribution in [0.15, 0.2) is 105 Å². The van der Waals surface area contributed by atoms with Gasteiger partial charge in [0.05, 0.1) is 23.2 Å². The second-order valence-electron chi connectivity index (χ2n) is 9.53. The van der Waals surface area contributed by atoms with E-state index in [0.29, 0.717) is 36.4 Å². The number of rotatable bonds is 8. The molecule has 212 valence electrons. The summed E-state index contributed by atoms with van der Waals surface area (Å²) in [5, 5.41) is 23.0. The maximum absolute atomic E-state index is 13.5. The lowest BCUT2D eigenvalue weighted by Crippen LogP contribution is -2.58. The topological polar surface area (TPSA) is 120 Å². The van der Waals surface area contributed by atoms with Crippen LogP contribution in [-0.2, 0) is 0 Å². The van der Waals surface area contributed by atoms with Crippen LogP contribution in [0.4, 0.5) is 18.0 Å². The Morgan fingerprint density at radius 1 is 1.29 bits per heavy atom. The van der Waals surface area contributed by atoms with E-state index in [9.17, 15) is 23.2 Å². The molecule has 41 heavy (non-hydrogen) atoms. The average Bonchev–Trinajstić information content (AvgIpc) is 3.79. The van der Waals surface area contributed by atoms with E-state index in [2.05, 4.69) is 33.3 Å². The molecule has 0 aromatic heterocycles. The van der Waals surface area contributed by atoms with Crippen LogP contribution in [0.25, 0.3) is 0 Å². The first-order valence-corrected chi connectivity index (χ1v) is 12.9. The van der Waals surface area contributed by atoms with Crippen LogP contribution in [0.2, 0.25) is 0 Å². The van der Waals surface area contributed by atoms with E-state index in [1.807, 2.05) is 42.2 Å². The van der Waals surface area contributed by atoms with Crippen LogP contribution >= 0.6 is 0 Å². The van der Waals surface area contributed by atoms with Crippen LogP contribution in [0, 0.1) is 22.7 Å². The highest BCUT2D eigenvalue weighted by Gasteiger charge is 2.40. The van der Waals surface area contributed by atoms with Gasteiger partial charge in [-0.2, -0.15) is 18.4 Å². The number of dihydropyridines is 1. The van der Waals surface area contributed by atoms with E-state index < -0.39 is 18.8 Å². The van der Waals surface area contributed by atoms with Crippen molar-refractivity contribution < 1.29 is 18.0 Å². The minimum Gasteiger partial charge on any atom is -0.386 e. The minimum absolute atomic E-state index is 0.101. The van der Waals surface area contributed by atoms with Gasteiger partial charge in [0.15, 0.2) is 0 Å². The fraction of sp³-hybridized carbons (Fsp3) is 0.276. The van der Waals surface area contributed by atoms with Gasteiger partial charge in [0.25, 0.3) is 0 Å². The third-order valence-corrected chi connectivity index (χ3v) is 6.24. The summed E-state index contributed by atoms with van der Waals surface area (Å²) >= 11 is 0. The van der Waals surface area contributed by atoms with Crippen LogP contribution in [0.5, 0.6) is 0 Å². The van der Waals surface area contributed by atoms with Gasteiger partial charge in [0, 0.05) is 37.0 Å². The number of hydrogen-bond donors (Lipinski definition) is 3. The van der Waals surface area contributed by atoms with E-state index in [-0.39, 0.29) is 23.3 Å². The average molecular weight is 563 g/mol. The van der Waals surface area contributed by atoms with Crippen molar-refractivity contribution >= 4 is 23.9 Å². The van der Waals surface area contributed by atoms with Crippen molar-refractivity contribution in [3.8, 4) is 6.07 Å². The predicted octanol–water partition coefficient (Wildman–Crippen LogP) is 4.98. The second-order valence-corrected chi connectivity index (χ2v) is 9.53. The SMILES string of the molecule is C=C/C(=C\C(C=N)=NCC(F)(F)F)N=C1NC(=O)N(C2=CNCC=C2)C(=C2CC2)N1CC1C=C(C)C=CC(C#N)=C1. The number of nitriles is 1. The zero-order chi connectivity index (χ0) is 29.6. The van der Waals surface area contributed by atoms with Gasteiger partial charge in [0.2, 0.25) is 5.96 Å².